The second-order valence-electron chi connectivity index (χ2n) is 10.4. The Kier molecular flexibility index (Phi) is 5.24. The number of hydrogen-bond donors (Lipinski definition) is 0. The number of benzene rings is 8. The Morgan fingerprint density at radius 3 is 1.38 bits per heavy atom. The van der Waals surface area contributed by atoms with Crippen LogP contribution in [-0.2, 0) is 0 Å². The van der Waals surface area contributed by atoms with E-state index in [0.29, 0.717) is 0 Å². The molecule has 0 amide bonds. The molecule has 0 aliphatic carbocycles. The van der Waals surface area contributed by atoms with Gasteiger partial charge < -0.3 is 0 Å². The van der Waals surface area contributed by atoms with Crippen LogP contribution in [0.15, 0.2) is 158 Å². The van der Waals surface area contributed by atoms with E-state index in [9.17, 15) is 0 Å². The van der Waals surface area contributed by atoms with Gasteiger partial charge in [-0.3, -0.25) is 0 Å². The van der Waals surface area contributed by atoms with Crippen molar-refractivity contribution < 1.29 is 0 Å². The molecular weight excluding hydrogens is 480 g/mol. The summed E-state index contributed by atoms with van der Waals surface area (Å²) in [5.74, 6) is 0. The highest BCUT2D eigenvalue weighted by atomic mass is 14.2. The van der Waals surface area contributed by atoms with E-state index in [2.05, 4.69) is 158 Å². The quantitative estimate of drug-likeness (QED) is 0.209. The van der Waals surface area contributed by atoms with Crippen molar-refractivity contribution in [3.05, 3.63) is 158 Å². The fraction of sp³-hybridized carbons (Fsp3) is 0. The third kappa shape index (κ3) is 3.47. The molecule has 0 spiro atoms. The van der Waals surface area contributed by atoms with Gasteiger partial charge >= 0.3 is 0 Å². The van der Waals surface area contributed by atoms with E-state index >= 15 is 0 Å². The van der Waals surface area contributed by atoms with E-state index in [1.807, 2.05) is 0 Å². The normalized spacial score (nSPS) is 11.5. The summed E-state index contributed by atoms with van der Waals surface area (Å²) in [6.07, 6.45) is 0. The van der Waals surface area contributed by atoms with Gasteiger partial charge in [0.2, 0.25) is 0 Å². The van der Waals surface area contributed by atoms with Crippen molar-refractivity contribution in [3.8, 4) is 33.4 Å². The van der Waals surface area contributed by atoms with Gasteiger partial charge in [0.05, 0.1) is 0 Å². The Hall–Kier alpha value is -5.20. The van der Waals surface area contributed by atoms with Crippen LogP contribution in [0.1, 0.15) is 0 Å². The molecule has 0 aromatic heterocycles. The van der Waals surface area contributed by atoms with E-state index in [0.717, 1.165) is 0 Å². The minimum absolute atomic E-state index is 1.23. The van der Waals surface area contributed by atoms with Crippen molar-refractivity contribution in [2.75, 3.05) is 0 Å². The highest BCUT2D eigenvalue weighted by molar-refractivity contribution is 6.23. The highest BCUT2D eigenvalue weighted by Gasteiger charge is 2.20. The Balaban J connectivity index is 1.56. The summed E-state index contributed by atoms with van der Waals surface area (Å²) in [7, 11) is 0. The summed E-state index contributed by atoms with van der Waals surface area (Å²) < 4.78 is 0. The van der Waals surface area contributed by atoms with Crippen molar-refractivity contribution in [2.45, 2.75) is 0 Å². The molecule has 0 aliphatic heterocycles. The molecule has 8 aromatic carbocycles. The molecule has 0 N–H and O–H groups in total. The summed E-state index contributed by atoms with van der Waals surface area (Å²) in [4.78, 5) is 0. The minimum atomic E-state index is 1.23. The van der Waals surface area contributed by atoms with Crippen LogP contribution in [0.25, 0.3) is 76.5 Å². The van der Waals surface area contributed by atoms with Gasteiger partial charge in [-0.15, -0.1) is 0 Å². The number of rotatable bonds is 3. The molecule has 0 heterocycles. The van der Waals surface area contributed by atoms with Crippen LogP contribution in [0.4, 0.5) is 0 Å². The summed E-state index contributed by atoms with van der Waals surface area (Å²) in [5, 5.41) is 10.2. The Morgan fingerprint density at radius 1 is 0.250 bits per heavy atom. The number of fused-ring (bicyclic) bond motifs is 6. The summed E-state index contributed by atoms with van der Waals surface area (Å²) in [5.41, 5.74) is 7.57. The van der Waals surface area contributed by atoms with Crippen LogP contribution in [0.5, 0.6) is 0 Å². The first kappa shape index (κ1) is 22.8. The molecule has 186 valence electrons. The fourth-order valence-corrected chi connectivity index (χ4v) is 6.54. The molecule has 8 aromatic rings. The predicted octanol–water partition coefficient (Wildman–Crippen LogP) is 11.3. The van der Waals surface area contributed by atoms with Crippen LogP contribution in [-0.4, -0.2) is 0 Å². The minimum Gasteiger partial charge on any atom is -0.0622 e. The zero-order valence-electron chi connectivity index (χ0n) is 22.0. The zero-order chi connectivity index (χ0) is 26.5. The Morgan fingerprint density at radius 2 is 0.700 bits per heavy atom. The van der Waals surface area contributed by atoms with Crippen LogP contribution >= 0.6 is 0 Å². The molecule has 0 aliphatic rings. The van der Waals surface area contributed by atoms with Crippen molar-refractivity contribution in [2.24, 2.45) is 0 Å². The molecule has 8 rings (SSSR count). The Bertz CT molecular complexity index is 2200. The van der Waals surface area contributed by atoms with Gasteiger partial charge in [0, 0.05) is 0 Å². The molecule has 0 bridgehead atoms. The lowest BCUT2D eigenvalue weighted by Gasteiger charge is -2.21. The topological polar surface area (TPSA) is 0 Å². The monoisotopic (exact) mass is 506 g/mol. The Labute approximate surface area is 233 Å². The molecule has 0 saturated carbocycles. The third-order valence-electron chi connectivity index (χ3n) is 8.25. The largest absolute Gasteiger partial charge is 0.0622 e. The van der Waals surface area contributed by atoms with Gasteiger partial charge in [0.1, 0.15) is 0 Å². The molecule has 0 heteroatoms. The van der Waals surface area contributed by atoms with Crippen molar-refractivity contribution >= 4 is 43.1 Å². The van der Waals surface area contributed by atoms with Crippen LogP contribution in [0.3, 0.4) is 0 Å². The van der Waals surface area contributed by atoms with E-state index < -0.39 is 0 Å². The van der Waals surface area contributed by atoms with Crippen molar-refractivity contribution in [1.29, 1.82) is 0 Å². The molecule has 0 unspecified atom stereocenters. The van der Waals surface area contributed by atoms with E-state index in [-0.39, 0.29) is 0 Å². The molecule has 0 saturated heterocycles. The summed E-state index contributed by atoms with van der Waals surface area (Å²) in [6, 6.07) is 57.5. The fourth-order valence-electron chi connectivity index (χ4n) is 6.54. The third-order valence-corrected chi connectivity index (χ3v) is 8.25. The first-order chi connectivity index (χ1) is 19.9. The zero-order valence-corrected chi connectivity index (χ0v) is 22.0. The maximum atomic E-state index is 2.38. The summed E-state index contributed by atoms with van der Waals surface area (Å²) >= 11 is 0. The lowest BCUT2D eigenvalue weighted by atomic mass is 9.82. The molecule has 0 atom stereocenters. The maximum absolute atomic E-state index is 2.38. The summed E-state index contributed by atoms with van der Waals surface area (Å²) in [6.45, 7) is 0. The van der Waals surface area contributed by atoms with E-state index in [1.165, 1.54) is 76.5 Å². The van der Waals surface area contributed by atoms with Crippen molar-refractivity contribution in [3.63, 3.8) is 0 Å². The lowest BCUT2D eigenvalue weighted by molar-refractivity contribution is 1.61. The van der Waals surface area contributed by atoms with Crippen molar-refractivity contribution in [1.82, 2.24) is 0 Å². The SMILES string of the molecule is c1ccc(-c2c(-c3ccccc3-c3cc4ccccc4c4ccccc34)c3ccccc3c3ccccc23)cc1. The average Bonchev–Trinajstić information content (AvgIpc) is 3.04. The van der Waals surface area contributed by atoms with Gasteiger partial charge in [-0.25, -0.2) is 0 Å². The van der Waals surface area contributed by atoms with Crippen LogP contribution in [0.2, 0.25) is 0 Å². The van der Waals surface area contributed by atoms with Crippen LogP contribution < -0.4 is 0 Å². The molecule has 40 heavy (non-hydrogen) atoms. The second-order valence-corrected chi connectivity index (χ2v) is 10.4. The molecule has 0 radical (unpaired) electrons. The van der Waals surface area contributed by atoms with E-state index in [1.54, 1.807) is 0 Å². The highest BCUT2D eigenvalue weighted by Crippen LogP contribution is 2.48. The maximum Gasteiger partial charge on any atom is -0.00141 e. The first-order valence-corrected chi connectivity index (χ1v) is 13.9. The second kappa shape index (κ2) is 9.22. The lowest BCUT2D eigenvalue weighted by Crippen LogP contribution is -1.94. The van der Waals surface area contributed by atoms with Gasteiger partial charge in [0.25, 0.3) is 0 Å². The van der Waals surface area contributed by atoms with Crippen LogP contribution in [0, 0.1) is 0 Å². The van der Waals surface area contributed by atoms with E-state index in [4.69, 9.17) is 0 Å². The predicted molar refractivity (Wildman–Crippen MR) is 173 cm³/mol. The standard InChI is InChI=1S/C40H26/c1-2-14-27(15-3-1)39-35-23-11-8-19-31(35)32-20-9-12-24-36(32)40(39)37-25-13-10-22-34(37)38-26-28-16-4-5-17-29(28)30-18-6-7-21-33(30)38/h1-26H. The molecular formula is C40H26. The van der Waals surface area contributed by atoms with Gasteiger partial charge in [-0.1, -0.05) is 152 Å². The van der Waals surface area contributed by atoms with Gasteiger partial charge in [0.15, 0.2) is 0 Å². The van der Waals surface area contributed by atoms with Gasteiger partial charge in [-0.2, -0.15) is 0 Å². The van der Waals surface area contributed by atoms with Gasteiger partial charge in [-0.05, 0) is 82.5 Å². The molecule has 0 nitrogen and oxygen atoms in total. The molecule has 0 fully saturated rings. The average molecular weight is 507 g/mol. The first-order valence-electron chi connectivity index (χ1n) is 13.9. The smallest absolute Gasteiger partial charge is 0.00141 e. The number of hydrogen-bond acceptors (Lipinski definition) is 0.